The van der Waals surface area contributed by atoms with Gasteiger partial charge in [-0.25, -0.2) is 4.39 Å². The number of benzene rings is 1. The summed E-state index contributed by atoms with van der Waals surface area (Å²) in [4.78, 5) is 11.6. The Morgan fingerprint density at radius 1 is 1.44 bits per heavy atom. The van der Waals surface area contributed by atoms with Gasteiger partial charge in [0.25, 0.3) is 5.91 Å². The minimum atomic E-state index is -0.767. The molecule has 0 heterocycles. The summed E-state index contributed by atoms with van der Waals surface area (Å²) in [5.41, 5.74) is -0.364. The van der Waals surface area contributed by atoms with Crippen molar-refractivity contribution in [2.24, 2.45) is 5.92 Å². The Balaban J connectivity index is 2.56. The van der Waals surface area contributed by atoms with Crippen LogP contribution in [0, 0.1) is 11.7 Å². The van der Waals surface area contributed by atoms with Crippen molar-refractivity contribution in [3.8, 4) is 5.75 Å². The summed E-state index contributed by atoms with van der Waals surface area (Å²) < 4.78 is 13.3. The first kappa shape index (κ1) is 14.4. The van der Waals surface area contributed by atoms with Crippen LogP contribution in [0.4, 0.5) is 4.39 Å². The number of carbonyl (C=O) groups excluding carboxylic acids is 1. The SMILES string of the molecule is CC(C)C(O)CCNC(=O)c1c(O)cccc1F. The summed E-state index contributed by atoms with van der Waals surface area (Å²) in [6.45, 7) is 3.97. The molecule has 0 fully saturated rings. The highest BCUT2D eigenvalue weighted by Gasteiger charge is 2.16. The standard InChI is InChI=1S/C13H18FNO3/c1-8(2)10(16)6-7-15-13(18)12-9(14)4-3-5-11(12)17/h3-5,8,10,16-17H,6-7H2,1-2H3,(H,15,18). The molecular formula is C13H18FNO3. The Morgan fingerprint density at radius 3 is 2.67 bits per heavy atom. The van der Waals surface area contributed by atoms with Gasteiger partial charge in [-0.2, -0.15) is 0 Å². The van der Waals surface area contributed by atoms with Crippen LogP contribution in [0.2, 0.25) is 0 Å². The molecule has 1 amide bonds. The second-order valence-electron chi connectivity index (χ2n) is 4.49. The molecule has 0 aliphatic rings. The van der Waals surface area contributed by atoms with Crippen LogP contribution in [0.5, 0.6) is 5.75 Å². The molecule has 1 atom stereocenters. The number of phenolic OH excluding ortho intramolecular Hbond substituents is 1. The van der Waals surface area contributed by atoms with Gasteiger partial charge in [-0.15, -0.1) is 0 Å². The number of hydrogen-bond donors (Lipinski definition) is 3. The van der Waals surface area contributed by atoms with Crippen LogP contribution in [0.25, 0.3) is 0 Å². The fourth-order valence-corrected chi connectivity index (χ4v) is 1.49. The predicted octanol–water partition coefficient (Wildman–Crippen LogP) is 1.67. The molecule has 0 saturated heterocycles. The topological polar surface area (TPSA) is 69.6 Å². The second kappa shape index (κ2) is 6.35. The maximum atomic E-state index is 13.3. The lowest BCUT2D eigenvalue weighted by atomic mass is 10.0. The first-order valence-corrected chi connectivity index (χ1v) is 5.87. The molecule has 1 aromatic carbocycles. The maximum Gasteiger partial charge on any atom is 0.258 e. The number of carbonyl (C=O) groups is 1. The second-order valence-corrected chi connectivity index (χ2v) is 4.49. The van der Waals surface area contributed by atoms with Crippen LogP contribution in [-0.2, 0) is 0 Å². The third-order valence-electron chi connectivity index (χ3n) is 2.71. The van der Waals surface area contributed by atoms with Crippen LogP contribution < -0.4 is 5.32 Å². The number of nitrogens with one attached hydrogen (secondary N) is 1. The van der Waals surface area contributed by atoms with Crippen molar-refractivity contribution in [1.82, 2.24) is 5.32 Å². The summed E-state index contributed by atoms with van der Waals surface area (Å²) in [6.07, 6.45) is -0.127. The zero-order valence-electron chi connectivity index (χ0n) is 10.5. The quantitative estimate of drug-likeness (QED) is 0.749. The van der Waals surface area contributed by atoms with Gasteiger partial charge in [-0.3, -0.25) is 4.79 Å². The van der Waals surface area contributed by atoms with Crippen molar-refractivity contribution in [2.45, 2.75) is 26.4 Å². The molecule has 0 aromatic heterocycles. The maximum absolute atomic E-state index is 13.3. The first-order valence-electron chi connectivity index (χ1n) is 5.87. The molecule has 0 radical (unpaired) electrons. The van der Waals surface area contributed by atoms with Gasteiger partial charge < -0.3 is 15.5 Å². The molecular weight excluding hydrogens is 237 g/mol. The number of rotatable bonds is 5. The van der Waals surface area contributed by atoms with Gasteiger partial charge in [0.1, 0.15) is 17.1 Å². The number of aliphatic hydroxyl groups is 1. The highest BCUT2D eigenvalue weighted by Crippen LogP contribution is 2.19. The van der Waals surface area contributed by atoms with Gasteiger partial charge in [0.15, 0.2) is 0 Å². The van der Waals surface area contributed by atoms with E-state index < -0.39 is 23.6 Å². The molecule has 0 spiro atoms. The minimum absolute atomic E-state index is 0.101. The zero-order chi connectivity index (χ0) is 13.7. The Kier molecular flexibility index (Phi) is 5.09. The number of aromatic hydroxyl groups is 1. The van der Waals surface area contributed by atoms with E-state index in [0.29, 0.717) is 6.42 Å². The first-order chi connectivity index (χ1) is 8.43. The average Bonchev–Trinajstić information content (AvgIpc) is 2.28. The molecule has 1 rings (SSSR count). The van der Waals surface area contributed by atoms with E-state index in [1.54, 1.807) is 0 Å². The van der Waals surface area contributed by atoms with Gasteiger partial charge in [0, 0.05) is 6.54 Å². The lowest BCUT2D eigenvalue weighted by Crippen LogP contribution is -2.29. The molecule has 1 unspecified atom stereocenters. The summed E-state index contributed by atoms with van der Waals surface area (Å²) in [6, 6.07) is 3.68. The smallest absolute Gasteiger partial charge is 0.258 e. The van der Waals surface area contributed by atoms with Crippen molar-refractivity contribution in [1.29, 1.82) is 0 Å². The third-order valence-corrected chi connectivity index (χ3v) is 2.71. The summed E-state index contributed by atoms with van der Waals surface area (Å²) >= 11 is 0. The van der Waals surface area contributed by atoms with Crippen LogP contribution in [0.3, 0.4) is 0 Å². The van der Waals surface area contributed by atoms with Gasteiger partial charge >= 0.3 is 0 Å². The lowest BCUT2D eigenvalue weighted by Gasteiger charge is -2.14. The van der Waals surface area contributed by atoms with Crippen LogP contribution >= 0.6 is 0 Å². The van der Waals surface area contributed by atoms with E-state index in [4.69, 9.17) is 0 Å². The molecule has 5 heteroatoms. The Bertz CT molecular complexity index is 400. The van der Waals surface area contributed by atoms with E-state index in [1.807, 2.05) is 13.8 Å². The van der Waals surface area contributed by atoms with Crippen molar-refractivity contribution in [3.63, 3.8) is 0 Å². The molecule has 4 nitrogen and oxygen atoms in total. The van der Waals surface area contributed by atoms with E-state index in [0.717, 1.165) is 6.07 Å². The molecule has 0 saturated carbocycles. The Labute approximate surface area is 105 Å². The van der Waals surface area contributed by atoms with Gasteiger partial charge in [-0.05, 0) is 24.5 Å². The van der Waals surface area contributed by atoms with Gasteiger partial charge in [0.2, 0.25) is 0 Å². The molecule has 0 aliphatic heterocycles. The highest BCUT2D eigenvalue weighted by atomic mass is 19.1. The monoisotopic (exact) mass is 255 g/mol. The molecule has 0 bridgehead atoms. The van der Waals surface area contributed by atoms with Crippen molar-refractivity contribution < 1.29 is 19.4 Å². The molecule has 3 N–H and O–H groups in total. The van der Waals surface area contributed by atoms with Crippen molar-refractivity contribution in [2.75, 3.05) is 6.54 Å². The van der Waals surface area contributed by atoms with Crippen molar-refractivity contribution in [3.05, 3.63) is 29.6 Å². The number of phenols is 1. The lowest BCUT2D eigenvalue weighted by molar-refractivity contribution is 0.0914. The number of aliphatic hydroxyl groups excluding tert-OH is 1. The number of hydrogen-bond acceptors (Lipinski definition) is 3. The van der Waals surface area contributed by atoms with Crippen molar-refractivity contribution >= 4 is 5.91 Å². The Morgan fingerprint density at radius 2 is 2.11 bits per heavy atom. The van der Waals surface area contributed by atoms with Gasteiger partial charge in [0.05, 0.1) is 6.10 Å². The summed E-state index contributed by atoms with van der Waals surface area (Å²) in [5, 5.41) is 21.4. The fourth-order valence-electron chi connectivity index (χ4n) is 1.49. The fraction of sp³-hybridized carbons (Fsp3) is 0.462. The van der Waals surface area contributed by atoms with Crippen LogP contribution in [0.15, 0.2) is 18.2 Å². The molecule has 1 aromatic rings. The highest BCUT2D eigenvalue weighted by molar-refractivity contribution is 5.97. The summed E-state index contributed by atoms with van der Waals surface area (Å²) in [7, 11) is 0. The molecule has 100 valence electrons. The minimum Gasteiger partial charge on any atom is -0.507 e. The van der Waals surface area contributed by atoms with E-state index in [2.05, 4.69) is 5.32 Å². The zero-order valence-corrected chi connectivity index (χ0v) is 10.5. The van der Waals surface area contributed by atoms with Gasteiger partial charge in [-0.1, -0.05) is 19.9 Å². The average molecular weight is 255 g/mol. The van der Waals surface area contributed by atoms with Crippen LogP contribution in [-0.4, -0.2) is 28.8 Å². The van der Waals surface area contributed by atoms with E-state index >= 15 is 0 Å². The largest absolute Gasteiger partial charge is 0.507 e. The molecule has 18 heavy (non-hydrogen) atoms. The Hall–Kier alpha value is -1.62. The number of halogens is 1. The third kappa shape index (κ3) is 3.70. The summed E-state index contributed by atoms with van der Waals surface area (Å²) in [5.74, 6) is -1.74. The predicted molar refractivity (Wildman–Crippen MR) is 65.9 cm³/mol. The van der Waals surface area contributed by atoms with E-state index in [9.17, 15) is 19.4 Å². The molecule has 0 aliphatic carbocycles. The van der Waals surface area contributed by atoms with E-state index in [-0.39, 0.29) is 18.0 Å². The van der Waals surface area contributed by atoms with E-state index in [1.165, 1.54) is 12.1 Å². The van der Waals surface area contributed by atoms with Crippen LogP contribution in [0.1, 0.15) is 30.6 Å². The normalized spacial score (nSPS) is 12.5. The number of amides is 1.